The molecule has 4 aromatic heterocycles. The minimum atomic E-state index is -0.577. The van der Waals surface area contributed by atoms with Crippen molar-refractivity contribution < 1.29 is 13.9 Å². The van der Waals surface area contributed by atoms with Crippen molar-refractivity contribution in [3.8, 4) is 11.5 Å². The van der Waals surface area contributed by atoms with E-state index in [1.807, 2.05) is 12.4 Å². The average molecular weight is 473 g/mol. The summed E-state index contributed by atoms with van der Waals surface area (Å²) in [6.45, 7) is 0. The number of fused-ring (bicyclic) bond motifs is 6. The summed E-state index contributed by atoms with van der Waals surface area (Å²) in [4.78, 5) is 4.55. The Bertz CT molecular complexity index is 2460. The second-order valence-electron chi connectivity index (χ2n) is 10.4. The lowest BCUT2D eigenvalue weighted by Gasteiger charge is -2.28. The summed E-state index contributed by atoms with van der Waals surface area (Å²) in [7, 11) is 0. The lowest BCUT2D eigenvalue weighted by Crippen LogP contribution is -2.71. The Balaban J connectivity index is 1.56. The number of pyridine rings is 3. The van der Waals surface area contributed by atoms with Crippen LogP contribution in [0, 0.1) is 0 Å². The molecule has 0 saturated heterocycles. The van der Waals surface area contributed by atoms with E-state index in [1.54, 1.807) is 0 Å². The highest BCUT2D eigenvalue weighted by atomic mass is 16.5. The van der Waals surface area contributed by atoms with E-state index in [0.717, 1.165) is 17.0 Å². The van der Waals surface area contributed by atoms with E-state index in [4.69, 9.17) is 4.74 Å². The molecule has 1 atom stereocenters. The molecule has 0 aliphatic carbocycles. The van der Waals surface area contributed by atoms with Gasteiger partial charge >= 0.3 is 11.3 Å². The van der Waals surface area contributed by atoms with E-state index < -0.39 is 5.66 Å². The summed E-state index contributed by atoms with van der Waals surface area (Å²) in [6, 6.07) is 28.6. The van der Waals surface area contributed by atoms with Gasteiger partial charge in [0.1, 0.15) is 22.6 Å². The van der Waals surface area contributed by atoms with Crippen LogP contribution in [0.15, 0.2) is 97.5 Å². The second kappa shape index (κ2) is 5.22. The van der Waals surface area contributed by atoms with Crippen molar-refractivity contribution in [1.82, 2.24) is 9.38 Å². The fourth-order valence-corrected chi connectivity index (χ4v) is 7.84. The van der Waals surface area contributed by atoms with Crippen molar-refractivity contribution in [2.75, 3.05) is 0 Å². The molecule has 5 nitrogen and oxygen atoms in total. The topological polar surface area (TPSA) is 34.3 Å². The zero-order valence-corrected chi connectivity index (χ0v) is 19.4. The van der Waals surface area contributed by atoms with Gasteiger partial charge in [0.2, 0.25) is 5.52 Å². The number of benzene rings is 4. The van der Waals surface area contributed by atoms with E-state index in [1.165, 1.54) is 65.6 Å². The monoisotopic (exact) mass is 472 g/mol. The molecule has 0 N–H and O–H groups in total. The largest absolute Gasteiger partial charge is 0.456 e. The number of aromatic nitrogens is 4. The Morgan fingerprint density at radius 2 is 1.57 bits per heavy atom. The maximum Gasteiger partial charge on any atom is 0.372 e. The molecule has 1 spiro atoms. The number of hydrogen-bond acceptors (Lipinski definition) is 2. The zero-order chi connectivity index (χ0) is 23.6. The molecule has 0 fully saturated rings. The van der Waals surface area contributed by atoms with Gasteiger partial charge in [-0.1, -0.05) is 24.3 Å². The smallest absolute Gasteiger partial charge is 0.372 e. The second-order valence-corrected chi connectivity index (χ2v) is 10.4. The summed E-state index contributed by atoms with van der Waals surface area (Å²) in [5.41, 5.74) is 7.86. The molecule has 0 bridgehead atoms. The van der Waals surface area contributed by atoms with Crippen molar-refractivity contribution in [2.45, 2.75) is 5.66 Å². The number of nitrogens with zero attached hydrogens (tertiary/aromatic N) is 4. The maximum atomic E-state index is 6.75. The first-order chi connectivity index (χ1) is 18.4. The minimum absolute atomic E-state index is 0.577. The van der Waals surface area contributed by atoms with Gasteiger partial charge < -0.3 is 4.74 Å². The summed E-state index contributed by atoms with van der Waals surface area (Å²) in [5, 5.41) is 7.47. The van der Waals surface area contributed by atoms with Gasteiger partial charge in [0.05, 0.1) is 17.0 Å². The normalized spacial score (nSPS) is 18.1. The molecule has 3 aliphatic heterocycles. The Hall–Kier alpha value is -5.03. The molecule has 4 aromatic carbocycles. The van der Waals surface area contributed by atoms with Crippen molar-refractivity contribution in [2.24, 2.45) is 0 Å². The molecule has 37 heavy (non-hydrogen) atoms. The average Bonchev–Trinajstić information content (AvgIpc) is 3.57. The highest BCUT2D eigenvalue weighted by Crippen LogP contribution is 2.57. The molecule has 0 amide bonds. The van der Waals surface area contributed by atoms with Gasteiger partial charge in [0.15, 0.2) is 22.7 Å². The Morgan fingerprint density at radius 3 is 2.54 bits per heavy atom. The van der Waals surface area contributed by atoms with Crippen LogP contribution in [0.1, 0.15) is 11.1 Å². The molecule has 3 aliphatic rings. The maximum absolute atomic E-state index is 6.75. The van der Waals surface area contributed by atoms with Crippen LogP contribution < -0.4 is 13.9 Å². The highest BCUT2D eigenvalue weighted by Gasteiger charge is 2.68. The van der Waals surface area contributed by atoms with E-state index in [9.17, 15) is 0 Å². The van der Waals surface area contributed by atoms with Crippen molar-refractivity contribution in [3.05, 3.63) is 109 Å². The first-order valence-corrected chi connectivity index (χ1v) is 12.6. The number of imidazole rings is 1. The molecule has 8 aromatic rings. The molecular formula is C32H16N4O+2. The van der Waals surface area contributed by atoms with E-state index in [0.29, 0.717) is 0 Å². The minimum Gasteiger partial charge on any atom is -0.456 e. The third-order valence-electron chi connectivity index (χ3n) is 9.00. The van der Waals surface area contributed by atoms with Crippen LogP contribution in [0.4, 0.5) is 0 Å². The lowest BCUT2D eigenvalue weighted by atomic mass is 9.85. The van der Waals surface area contributed by atoms with Gasteiger partial charge in [-0.15, -0.1) is 9.13 Å². The van der Waals surface area contributed by atoms with Crippen LogP contribution >= 0.6 is 0 Å². The third kappa shape index (κ3) is 1.54. The summed E-state index contributed by atoms with van der Waals surface area (Å²) in [6.07, 6.45) is 6.16. The van der Waals surface area contributed by atoms with Crippen molar-refractivity contribution in [3.63, 3.8) is 0 Å². The predicted molar refractivity (Wildman–Crippen MR) is 141 cm³/mol. The molecule has 168 valence electrons. The first-order valence-electron chi connectivity index (χ1n) is 12.6. The van der Waals surface area contributed by atoms with Gasteiger partial charge in [-0.25, -0.2) is 0 Å². The van der Waals surface area contributed by atoms with Crippen LogP contribution in [-0.4, -0.2) is 9.38 Å². The molecule has 0 radical (unpaired) electrons. The van der Waals surface area contributed by atoms with Gasteiger partial charge in [-0.05, 0) is 53.9 Å². The van der Waals surface area contributed by atoms with E-state index >= 15 is 0 Å². The third-order valence-corrected chi connectivity index (χ3v) is 9.00. The summed E-state index contributed by atoms with van der Waals surface area (Å²) >= 11 is 0. The quantitative estimate of drug-likeness (QED) is 0.209. The Labute approximate surface area is 209 Å². The fourth-order valence-electron chi connectivity index (χ4n) is 7.84. The zero-order valence-electron chi connectivity index (χ0n) is 19.4. The molecular weight excluding hydrogens is 456 g/mol. The van der Waals surface area contributed by atoms with Crippen molar-refractivity contribution >= 4 is 60.0 Å². The van der Waals surface area contributed by atoms with E-state index in [2.05, 4.69) is 104 Å². The number of ether oxygens (including phenoxy) is 1. The number of rotatable bonds is 0. The van der Waals surface area contributed by atoms with Gasteiger partial charge in [-0.3, -0.25) is 4.98 Å². The Kier molecular flexibility index (Phi) is 2.46. The molecule has 7 heterocycles. The van der Waals surface area contributed by atoms with Gasteiger partial charge in [-0.2, -0.15) is 4.40 Å². The summed E-state index contributed by atoms with van der Waals surface area (Å²) in [5.74, 6) is 1.87. The SMILES string of the molecule is c1ccc2c(c1)n1c3cnccc3c3ccc4c5c3c1[n+]2C51c2c(ccc3ccc5ccc[n+]1c5c23)O4. The van der Waals surface area contributed by atoms with Gasteiger partial charge in [0, 0.05) is 28.4 Å². The van der Waals surface area contributed by atoms with Crippen molar-refractivity contribution in [1.29, 1.82) is 0 Å². The molecule has 11 rings (SSSR count). The number of para-hydroxylation sites is 2. The van der Waals surface area contributed by atoms with Crippen LogP contribution in [-0.2, 0) is 5.66 Å². The fraction of sp³-hybridized carbons (Fsp3) is 0.0312. The van der Waals surface area contributed by atoms with Crippen LogP contribution in [0.5, 0.6) is 11.5 Å². The predicted octanol–water partition coefficient (Wildman–Crippen LogP) is 5.71. The van der Waals surface area contributed by atoms with Crippen LogP contribution in [0.2, 0.25) is 0 Å². The van der Waals surface area contributed by atoms with Crippen LogP contribution in [0.25, 0.3) is 60.0 Å². The number of hydrogen-bond donors (Lipinski definition) is 0. The van der Waals surface area contributed by atoms with E-state index in [-0.39, 0.29) is 0 Å². The Morgan fingerprint density at radius 1 is 0.730 bits per heavy atom. The highest BCUT2D eigenvalue weighted by molar-refractivity contribution is 6.17. The lowest BCUT2D eigenvalue weighted by molar-refractivity contribution is -0.934. The molecule has 1 unspecified atom stereocenters. The molecule has 5 heteroatoms. The summed E-state index contributed by atoms with van der Waals surface area (Å²) < 4.78 is 14.3. The van der Waals surface area contributed by atoms with Crippen LogP contribution in [0.3, 0.4) is 0 Å². The standard InChI is InChI=1S/C32H16N4O/c1-2-6-22-21(5-1)35-23-16-33-14-13-19(23)20-10-12-25-29-27(20)31(35)36(22)32(29)28-24(37-25)11-9-17-7-8-18-4-3-15-34(32)30(18)26(17)28/h1-16H/q+2. The van der Waals surface area contributed by atoms with Gasteiger partial charge in [0.25, 0.3) is 0 Å². The first kappa shape index (κ1) is 17.4. The molecule has 0 saturated carbocycles.